The Bertz CT molecular complexity index is 1300. The number of para-hydroxylation sites is 1. The Morgan fingerprint density at radius 2 is 1.67 bits per heavy atom. The van der Waals surface area contributed by atoms with Crippen LogP contribution in [0.4, 0.5) is 5.69 Å². The molecular weight excluding hydrogens is 528 g/mol. The van der Waals surface area contributed by atoms with Crippen molar-refractivity contribution in [2.24, 2.45) is 0 Å². The van der Waals surface area contributed by atoms with Crippen LogP contribution in [0.2, 0.25) is 0 Å². The summed E-state index contributed by atoms with van der Waals surface area (Å²) >= 11 is 0. The van der Waals surface area contributed by atoms with Crippen LogP contribution >= 0.6 is 0 Å². The van der Waals surface area contributed by atoms with E-state index in [4.69, 9.17) is 14.2 Å². The zero-order valence-corrected chi connectivity index (χ0v) is 25.1. The minimum Gasteiger partial charge on any atom is -0.493 e. The second-order valence-corrected chi connectivity index (χ2v) is 11.4. The molecule has 1 aromatic heterocycles. The lowest BCUT2D eigenvalue weighted by atomic mass is 10.0. The summed E-state index contributed by atoms with van der Waals surface area (Å²) in [7, 11) is 3.29. The predicted octanol–water partition coefficient (Wildman–Crippen LogP) is 6.42. The summed E-state index contributed by atoms with van der Waals surface area (Å²) in [6.07, 6.45) is 15.6. The van der Waals surface area contributed by atoms with Crippen LogP contribution in [-0.2, 0) is 22.6 Å². The summed E-state index contributed by atoms with van der Waals surface area (Å²) in [5, 5.41) is 0. The second kappa shape index (κ2) is 15.1. The van der Waals surface area contributed by atoms with Crippen LogP contribution in [0.15, 0.2) is 55.1 Å². The van der Waals surface area contributed by atoms with Crippen molar-refractivity contribution in [1.82, 2.24) is 14.9 Å². The SMILES string of the molecule is COCC(=O)N1CCCCCCCN(Cc2cccc(OC)c2OC2CCCC2)Cc2cc(-c3cncnc3)ccc21. The first-order chi connectivity index (χ1) is 20.7. The Morgan fingerprint density at radius 1 is 0.905 bits per heavy atom. The Balaban J connectivity index is 1.52. The molecule has 0 bridgehead atoms. The fourth-order valence-corrected chi connectivity index (χ4v) is 6.17. The highest BCUT2D eigenvalue weighted by molar-refractivity contribution is 5.95. The average Bonchev–Trinajstić information content (AvgIpc) is 3.52. The van der Waals surface area contributed by atoms with Gasteiger partial charge in [-0.1, -0.05) is 37.5 Å². The van der Waals surface area contributed by atoms with Gasteiger partial charge in [-0.15, -0.1) is 0 Å². The number of methoxy groups -OCH3 is 2. The van der Waals surface area contributed by atoms with E-state index in [0.29, 0.717) is 13.1 Å². The van der Waals surface area contributed by atoms with Crippen LogP contribution in [0.1, 0.15) is 68.9 Å². The fourth-order valence-electron chi connectivity index (χ4n) is 6.17. The molecule has 1 aliphatic heterocycles. The van der Waals surface area contributed by atoms with Crippen LogP contribution in [0.25, 0.3) is 11.1 Å². The molecule has 0 saturated heterocycles. The third-order valence-electron chi connectivity index (χ3n) is 8.34. The number of aromatic nitrogens is 2. The lowest BCUT2D eigenvalue weighted by molar-refractivity contribution is -0.122. The summed E-state index contributed by atoms with van der Waals surface area (Å²) < 4.78 is 17.7. The van der Waals surface area contributed by atoms with E-state index >= 15 is 0 Å². The number of hydrogen-bond donors (Lipinski definition) is 0. The molecule has 1 amide bonds. The third-order valence-corrected chi connectivity index (χ3v) is 8.34. The van der Waals surface area contributed by atoms with Crippen molar-refractivity contribution < 1.29 is 19.0 Å². The minimum atomic E-state index is -0.0156. The van der Waals surface area contributed by atoms with E-state index in [-0.39, 0.29) is 18.6 Å². The Morgan fingerprint density at radius 3 is 2.43 bits per heavy atom. The van der Waals surface area contributed by atoms with Crippen LogP contribution in [0.3, 0.4) is 0 Å². The average molecular weight is 573 g/mol. The summed E-state index contributed by atoms with van der Waals surface area (Å²) in [5.74, 6) is 1.64. The standard InChI is InChI=1S/C34H44N4O4/c1-40-24-33(39)38-18-9-5-3-4-8-17-37(23-28-19-26(15-16-31(28)38)29-20-35-25-36-21-29)22-27-11-10-14-32(41-2)34(27)42-30-12-6-7-13-30/h10-11,14-16,19-21,25,30H,3-9,12-13,17-18,22-24H2,1-2H3. The largest absolute Gasteiger partial charge is 0.493 e. The van der Waals surface area contributed by atoms with Gasteiger partial charge in [-0.2, -0.15) is 0 Å². The predicted molar refractivity (Wildman–Crippen MR) is 165 cm³/mol. The highest BCUT2D eigenvalue weighted by Crippen LogP contribution is 2.36. The van der Waals surface area contributed by atoms with Gasteiger partial charge in [0.1, 0.15) is 12.9 Å². The lowest BCUT2D eigenvalue weighted by Crippen LogP contribution is -2.36. The molecule has 0 N–H and O–H groups in total. The number of anilines is 1. The van der Waals surface area contributed by atoms with Crippen molar-refractivity contribution in [2.75, 3.05) is 38.8 Å². The number of hydrogen-bond acceptors (Lipinski definition) is 7. The molecule has 1 aliphatic carbocycles. The molecular formula is C34H44N4O4. The van der Waals surface area contributed by atoms with E-state index in [9.17, 15) is 4.79 Å². The summed E-state index contributed by atoms with van der Waals surface area (Å²) in [6, 6.07) is 12.6. The number of carbonyl (C=O) groups excluding carboxylic acids is 1. The number of carbonyl (C=O) groups is 1. The van der Waals surface area contributed by atoms with Gasteiger partial charge in [0.15, 0.2) is 11.5 Å². The van der Waals surface area contributed by atoms with E-state index in [1.54, 1.807) is 20.5 Å². The first-order valence-corrected chi connectivity index (χ1v) is 15.4. The number of ether oxygens (including phenoxy) is 3. The maximum absolute atomic E-state index is 13.3. The molecule has 42 heavy (non-hydrogen) atoms. The van der Waals surface area contributed by atoms with Gasteiger partial charge < -0.3 is 19.1 Å². The number of nitrogens with zero attached hydrogens (tertiary/aromatic N) is 4. The monoisotopic (exact) mass is 572 g/mol. The van der Waals surface area contributed by atoms with Crippen molar-refractivity contribution in [3.05, 3.63) is 66.2 Å². The molecule has 2 heterocycles. The Labute approximate surface area is 250 Å². The topological polar surface area (TPSA) is 77.0 Å². The molecule has 1 saturated carbocycles. The highest BCUT2D eigenvalue weighted by atomic mass is 16.5. The van der Waals surface area contributed by atoms with E-state index in [2.05, 4.69) is 45.2 Å². The molecule has 0 spiro atoms. The molecule has 3 aromatic rings. The molecule has 0 unspecified atom stereocenters. The van der Waals surface area contributed by atoms with Crippen molar-refractivity contribution in [3.8, 4) is 22.6 Å². The van der Waals surface area contributed by atoms with E-state index in [1.165, 1.54) is 19.3 Å². The second-order valence-electron chi connectivity index (χ2n) is 11.4. The number of fused-ring (bicyclic) bond motifs is 1. The van der Waals surface area contributed by atoms with Gasteiger partial charge in [0.2, 0.25) is 0 Å². The van der Waals surface area contributed by atoms with Gasteiger partial charge in [0, 0.05) is 56.0 Å². The smallest absolute Gasteiger partial charge is 0.252 e. The van der Waals surface area contributed by atoms with E-state index in [1.807, 2.05) is 23.4 Å². The van der Waals surface area contributed by atoms with Gasteiger partial charge in [0.25, 0.3) is 5.91 Å². The summed E-state index contributed by atoms with van der Waals surface area (Å²) in [4.78, 5) is 26.2. The van der Waals surface area contributed by atoms with Crippen molar-refractivity contribution >= 4 is 11.6 Å². The number of benzene rings is 2. The normalized spacial score (nSPS) is 17.2. The molecule has 5 rings (SSSR count). The van der Waals surface area contributed by atoms with Gasteiger partial charge in [-0.3, -0.25) is 9.69 Å². The van der Waals surface area contributed by atoms with Crippen molar-refractivity contribution in [1.29, 1.82) is 0 Å². The first kappa shape index (κ1) is 30.0. The quantitative estimate of drug-likeness (QED) is 0.308. The molecule has 8 nitrogen and oxygen atoms in total. The van der Waals surface area contributed by atoms with Gasteiger partial charge in [-0.05, 0) is 74.4 Å². The third kappa shape index (κ3) is 7.66. The number of amides is 1. The van der Waals surface area contributed by atoms with Crippen LogP contribution in [0.5, 0.6) is 11.5 Å². The van der Waals surface area contributed by atoms with E-state index in [0.717, 1.165) is 91.1 Å². The van der Waals surface area contributed by atoms with E-state index < -0.39 is 0 Å². The minimum absolute atomic E-state index is 0.0156. The molecule has 2 aromatic carbocycles. The van der Waals surface area contributed by atoms with Crippen LogP contribution in [-0.4, -0.2) is 60.8 Å². The fraction of sp³-hybridized carbons (Fsp3) is 0.500. The first-order valence-electron chi connectivity index (χ1n) is 15.4. The molecule has 2 aliphatic rings. The Kier molecular flexibility index (Phi) is 10.8. The summed E-state index contributed by atoms with van der Waals surface area (Å²) in [6.45, 7) is 3.10. The molecule has 1 fully saturated rings. The zero-order chi connectivity index (χ0) is 29.1. The summed E-state index contributed by atoms with van der Waals surface area (Å²) in [5.41, 5.74) is 5.16. The maximum atomic E-state index is 13.3. The van der Waals surface area contributed by atoms with Crippen molar-refractivity contribution in [2.45, 2.75) is 77.0 Å². The molecule has 8 heteroatoms. The highest BCUT2D eigenvalue weighted by Gasteiger charge is 2.24. The number of rotatable bonds is 8. The maximum Gasteiger partial charge on any atom is 0.252 e. The van der Waals surface area contributed by atoms with Gasteiger partial charge >= 0.3 is 0 Å². The molecule has 0 radical (unpaired) electrons. The van der Waals surface area contributed by atoms with Crippen LogP contribution < -0.4 is 14.4 Å². The van der Waals surface area contributed by atoms with Crippen molar-refractivity contribution in [3.63, 3.8) is 0 Å². The molecule has 0 atom stereocenters. The van der Waals surface area contributed by atoms with Gasteiger partial charge in [0.05, 0.1) is 13.2 Å². The zero-order valence-electron chi connectivity index (χ0n) is 25.1. The molecule has 224 valence electrons. The lowest BCUT2D eigenvalue weighted by Gasteiger charge is -2.30. The van der Waals surface area contributed by atoms with Crippen LogP contribution in [0, 0.1) is 0 Å². The Hall–Kier alpha value is -3.49. The van der Waals surface area contributed by atoms with Gasteiger partial charge in [-0.25, -0.2) is 9.97 Å².